The average Bonchev–Trinajstić information content (AvgIpc) is 2.32. The molecule has 0 saturated carbocycles. The number of carboxylic acid groups (broad SMARTS) is 1. The summed E-state index contributed by atoms with van der Waals surface area (Å²) in [6.07, 6.45) is 0. The van der Waals surface area contributed by atoms with Gasteiger partial charge < -0.3 is 15.7 Å². The van der Waals surface area contributed by atoms with Gasteiger partial charge in [0.05, 0.1) is 5.92 Å². The Morgan fingerprint density at radius 3 is 2.37 bits per heavy atom. The Bertz CT molecular complexity index is 494. The summed E-state index contributed by atoms with van der Waals surface area (Å²) in [4.78, 5) is 22.2. The van der Waals surface area contributed by atoms with E-state index in [4.69, 9.17) is 5.11 Å². The number of urea groups is 1. The van der Waals surface area contributed by atoms with E-state index < -0.39 is 35.6 Å². The van der Waals surface area contributed by atoms with Crippen LogP contribution in [0.15, 0.2) is 18.2 Å². The molecule has 2 amide bonds. The molecule has 0 aliphatic rings. The SMILES string of the molecule is CC(NC(=O)Nc1ccc(F)c(F)c1)C(C)C(=O)O. The van der Waals surface area contributed by atoms with Crippen LogP contribution >= 0.6 is 0 Å². The molecule has 19 heavy (non-hydrogen) atoms. The number of halogens is 2. The maximum Gasteiger partial charge on any atom is 0.319 e. The Morgan fingerprint density at radius 2 is 1.84 bits per heavy atom. The zero-order chi connectivity index (χ0) is 14.6. The smallest absolute Gasteiger partial charge is 0.319 e. The second-order valence-corrected chi connectivity index (χ2v) is 4.14. The molecule has 1 aromatic rings. The molecule has 2 atom stereocenters. The molecule has 7 heteroatoms. The van der Waals surface area contributed by atoms with Gasteiger partial charge in [-0.2, -0.15) is 0 Å². The number of nitrogens with one attached hydrogen (secondary N) is 2. The van der Waals surface area contributed by atoms with E-state index in [1.165, 1.54) is 19.9 Å². The quantitative estimate of drug-likeness (QED) is 0.786. The summed E-state index contributed by atoms with van der Waals surface area (Å²) < 4.78 is 25.6. The van der Waals surface area contributed by atoms with Crippen molar-refractivity contribution in [1.82, 2.24) is 5.32 Å². The highest BCUT2D eigenvalue weighted by atomic mass is 19.2. The van der Waals surface area contributed by atoms with Gasteiger partial charge in [-0.25, -0.2) is 13.6 Å². The van der Waals surface area contributed by atoms with Crippen molar-refractivity contribution in [2.75, 3.05) is 5.32 Å². The molecule has 104 valence electrons. The van der Waals surface area contributed by atoms with Gasteiger partial charge in [0.2, 0.25) is 0 Å². The Kier molecular flexibility index (Phi) is 4.80. The number of hydrogen-bond acceptors (Lipinski definition) is 2. The number of carbonyl (C=O) groups is 2. The number of benzene rings is 1. The molecule has 0 aliphatic heterocycles. The Balaban J connectivity index is 2.60. The Morgan fingerprint density at radius 1 is 1.21 bits per heavy atom. The zero-order valence-corrected chi connectivity index (χ0v) is 10.4. The largest absolute Gasteiger partial charge is 0.481 e. The zero-order valence-electron chi connectivity index (χ0n) is 10.4. The van der Waals surface area contributed by atoms with E-state index >= 15 is 0 Å². The van der Waals surface area contributed by atoms with E-state index in [1.807, 2.05) is 0 Å². The molecular formula is C12H14F2N2O3. The summed E-state index contributed by atoms with van der Waals surface area (Å²) in [5.41, 5.74) is 0.0755. The molecule has 1 rings (SSSR count). The fraction of sp³-hybridized carbons (Fsp3) is 0.333. The molecule has 1 aromatic carbocycles. The Hall–Kier alpha value is -2.18. The molecule has 0 bridgehead atoms. The van der Waals surface area contributed by atoms with E-state index in [-0.39, 0.29) is 5.69 Å². The van der Waals surface area contributed by atoms with Gasteiger partial charge in [-0.3, -0.25) is 4.79 Å². The number of amides is 2. The molecule has 0 aliphatic carbocycles. The van der Waals surface area contributed by atoms with Crippen LogP contribution in [-0.4, -0.2) is 23.1 Å². The lowest BCUT2D eigenvalue weighted by Crippen LogP contribution is -2.42. The molecule has 0 radical (unpaired) electrons. The van der Waals surface area contributed by atoms with Crippen LogP contribution in [0.1, 0.15) is 13.8 Å². The second-order valence-electron chi connectivity index (χ2n) is 4.14. The normalized spacial score (nSPS) is 13.5. The third-order valence-corrected chi connectivity index (χ3v) is 2.68. The van der Waals surface area contributed by atoms with Crippen LogP contribution in [0.2, 0.25) is 0 Å². The minimum absolute atomic E-state index is 0.0755. The first-order chi connectivity index (χ1) is 8.81. The van der Waals surface area contributed by atoms with Crippen molar-refractivity contribution in [2.45, 2.75) is 19.9 Å². The van der Waals surface area contributed by atoms with Crippen LogP contribution in [0.5, 0.6) is 0 Å². The molecular weight excluding hydrogens is 258 g/mol. The molecule has 2 unspecified atom stereocenters. The number of carboxylic acids is 1. The van der Waals surface area contributed by atoms with Crippen LogP contribution in [0.25, 0.3) is 0 Å². The lowest BCUT2D eigenvalue weighted by Gasteiger charge is -2.18. The van der Waals surface area contributed by atoms with Crippen molar-refractivity contribution in [3.05, 3.63) is 29.8 Å². The van der Waals surface area contributed by atoms with E-state index in [0.717, 1.165) is 12.1 Å². The minimum atomic E-state index is -1.08. The minimum Gasteiger partial charge on any atom is -0.481 e. The average molecular weight is 272 g/mol. The first-order valence-corrected chi connectivity index (χ1v) is 5.56. The van der Waals surface area contributed by atoms with E-state index in [9.17, 15) is 18.4 Å². The predicted octanol–water partition coefficient (Wildman–Crippen LogP) is 2.20. The highest BCUT2D eigenvalue weighted by molar-refractivity contribution is 5.89. The van der Waals surface area contributed by atoms with Gasteiger partial charge in [0.25, 0.3) is 0 Å². The molecule has 0 fully saturated rings. The first kappa shape index (κ1) is 14.9. The van der Waals surface area contributed by atoms with Crippen LogP contribution in [0.4, 0.5) is 19.3 Å². The van der Waals surface area contributed by atoms with Crippen molar-refractivity contribution < 1.29 is 23.5 Å². The fourth-order valence-electron chi connectivity index (χ4n) is 1.29. The van der Waals surface area contributed by atoms with Crippen molar-refractivity contribution in [3.63, 3.8) is 0 Å². The summed E-state index contributed by atoms with van der Waals surface area (Å²) in [6, 6.07) is 1.62. The number of anilines is 1. The van der Waals surface area contributed by atoms with Crippen LogP contribution in [-0.2, 0) is 4.79 Å². The van der Waals surface area contributed by atoms with Gasteiger partial charge >= 0.3 is 12.0 Å². The van der Waals surface area contributed by atoms with Crippen molar-refractivity contribution in [3.8, 4) is 0 Å². The number of aliphatic carboxylic acids is 1. The monoisotopic (exact) mass is 272 g/mol. The number of rotatable bonds is 4. The maximum absolute atomic E-state index is 12.9. The number of hydrogen-bond donors (Lipinski definition) is 3. The molecule has 0 heterocycles. The highest BCUT2D eigenvalue weighted by Gasteiger charge is 2.20. The third kappa shape index (κ3) is 4.20. The van der Waals surface area contributed by atoms with Crippen molar-refractivity contribution >= 4 is 17.7 Å². The third-order valence-electron chi connectivity index (χ3n) is 2.68. The molecule has 5 nitrogen and oxygen atoms in total. The highest BCUT2D eigenvalue weighted by Crippen LogP contribution is 2.13. The van der Waals surface area contributed by atoms with Gasteiger partial charge in [0.15, 0.2) is 11.6 Å². The predicted molar refractivity (Wildman–Crippen MR) is 64.8 cm³/mol. The van der Waals surface area contributed by atoms with Crippen molar-refractivity contribution in [1.29, 1.82) is 0 Å². The van der Waals surface area contributed by atoms with E-state index in [0.29, 0.717) is 0 Å². The fourth-order valence-corrected chi connectivity index (χ4v) is 1.29. The lowest BCUT2D eigenvalue weighted by molar-refractivity contribution is -0.141. The number of carbonyl (C=O) groups excluding carboxylic acids is 1. The summed E-state index contributed by atoms with van der Waals surface area (Å²) in [6.45, 7) is 2.98. The van der Waals surface area contributed by atoms with Gasteiger partial charge in [-0.05, 0) is 26.0 Å². The van der Waals surface area contributed by atoms with Crippen LogP contribution in [0.3, 0.4) is 0 Å². The van der Waals surface area contributed by atoms with Gasteiger partial charge in [-0.1, -0.05) is 0 Å². The summed E-state index contributed by atoms with van der Waals surface area (Å²) >= 11 is 0. The lowest BCUT2D eigenvalue weighted by atomic mass is 10.0. The molecule has 0 spiro atoms. The Labute approximate surface area is 108 Å². The topological polar surface area (TPSA) is 78.4 Å². The maximum atomic E-state index is 12.9. The summed E-state index contributed by atoms with van der Waals surface area (Å²) in [5.74, 6) is -3.90. The second kappa shape index (κ2) is 6.12. The summed E-state index contributed by atoms with van der Waals surface area (Å²) in [5, 5.41) is 13.4. The van der Waals surface area contributed by atoms with Crippen molar-refractivity contribution in [2.24, 2.45) is 5.92 Å². The molecule has 3 N–H and O–H groups in total. The molecule has 0 saturated heterocycles. The van der Waals surface area contributed by atoms with Gasteiger partial charge in [0.1, 0.15) is 0 Å². The van der Waals surface area contributed by atoms with E-state index in [1.54, 1.807) is 0 Å². The van der Waals surface area contributed by atoms with Crippen LogP contribution < -0.4 is 10.6 Å². The molecule has 0 aromatic heterocycles. The van der Waals surface area contributed by atoms with Crippen LogP contribution in [0, 0.1) is 17.6 Å². The standard InChI is InChI=1S/C12H14F2N2O3/c1-6(11(17)18)7(2)15-12(19)16-8-3-4-9(13)10(14)5-8/h3-7H,1-2H3,(H,17,18)(H2,15,16,19). The van der Waals surface area contributed by atoms with E-state index in [2.05, 4.69) is 10.6 Å². The van der Waals surface area contributed by atoms with Gasteiger partial charge in [0, 0.05) is 17.8 Å². The van der Waals surface area contributed by atoms with Gasteiger partial charge in [-0.15, -0.1) is 0 Å². The summed E-state index contributed by atoms with van der Waals surface area (Å²) in [7, 11) is 0. The first-order valence-electron chi connectivity index (χ1n) is 5.56.